The lowest BCUT2D eigenvalue weighted by Gasteiger charge is -2.19. The van der Waals surface area contributed by atoms with E-state index < -0.39 is 0 Å². The Hall–Kier alpha value is -5.23. The number of carbonyl (C=O) groups excluding carboxylic acids is 1. The molecule has 1 atom stereocenters. The maximum Gasteiger partial charge on any atom is 0.221 e. The number of furan rings is 1. The third-order valence-electron chi connectivity index (χ3n) is 7.92. The number of aromatic nitrogens is 1. The number of fused-ring (bicyclic) bond motifs is 1. The highest BCUT2D eigenvalue weighted by Gasteiger charge is 2.24. The van der Waals surface area contributed by atoms with E-state index in [1.807, 2.05) is 60.7 Å². The van der Waals surface area contributed by atoms with Crippen molar-refractivity contribution < 1.29 is 18.7 Å². The monoisotopic (exact) mass is 584 g/mol. The number of hydrogen-bond donors (Lipinski definition) is 1. The van der Waals surface area contributed by atoms with E-state index in [1.54, 1.807) is 13.4 Å². The summed E-state index contributed by atoms with van der Waals surface area (Å²) >= 11 is 0. The van der Waals surface area contributed by atoms with Crippen LogP contribution < -0.4 is 14.8 Å². The summed E-state index contributed by atoms with van der Waals surface area (Å²) in [6, 6.07) is 36.7. The van der Waals surface area contributed by atoms with Crippen molar-refractivity contribution >= 4 is 16.8 Å². The van der Waals surface area contributed by atoms with Gasteiger partial charge in [-0.3, -0.25) is 4.79 Å². The molecule has 0 bridgehead atoms. The number of amides is 1. The minimum atomic E-state index is -0.229. The Balaban J connectivity index is 1.35. The van der Waals surface area contributed by atoms with Gasteiger partial charge in [-0.1, -0.05) is 84.4 Å². The van der Waals surface area contributed by atoms with Crippen molar-refractivity contribution in [2.75, 3.05) is 7.11 Å². The highest BCUT2D eigenvalue weighted by atomic mass is 16.5. The lowest BCUT2D eigenvalue weighted by molar-refractivity contribution is -0.121. The summed E-state index contributed by atoms with van der Waals surface area (Å²) in [5.74, 6) is 1.70. The summed E-state index contributed by atoms with van der Waals surface area (Å²) in [7, 11) is 1.65. The molecule has 4 aromatic carbocycles. The first-order valence-electron chi connectivity index (χ1n) is 14.8. The molecule has 6 nitrogen and oxygen atoms in total. The fourth-order valence-electron chi connectivity index (χ4n) is 5.59. The van der Waals surface area contributed by atoms with Crippen LogP contribution in [-0.4, -0.2) is 17.6 Å². The van der Waals surface area contributed by atoms with Crippen molar-refractivity contribution in [1.29, 1.82) is 0 Å². The van der Waals surface area contributed by atoms with Crippen LogP contribution in [0.15, 0.2) is 126 Å². The van der Waals surface area contributed by atoms with Gasteiger partial charge in [0.25, 0.3) is 0 Å². The van der Waals surface area contributed by atoms with Gasteiger partial charge in [0.05, 0.1) is 19.9 Å². The quantitative estimate of drug-likeness (QED) is 0.158. The first-order valence-corrected chi connectivity index (χ1v) is 14.8. The van der Waals surface area contributed by atoms with Gasteiger partial charge in [0, 0.05) is 36.0 Å². The molecule has 6 rings (SSSR count). The van der Waals surface area contributed by atoms with E-state index in [1.165, 1.54) is 11.1 Å². The Bertz CT molecular complexity index is 1820. The molecule has 0 fully saturated rings. The Morgan fingerprint density at radius 3 is 2.43 bits per heavy atom. The highest BCUT2D eigenvalue weighted by molar-refractivity contribution is 5.87. The minimum absolute atomic E-state index is 0.0647. The van der Waals surface area contributed by atoms with E-state index >= 15 is 0 Å². The average molecular weight is 585 g/mol. The van der Waals surface area contributed by atoms with Gasteiger partial charge in [-0.2, -0.15) is 0 Å². The third-order valence-corrected chi connectivity index (χ3v) is 7.92. The molecular weight excluding hydrogens is 548 g/mol. The Morgan fingerprint density at radius 1 is 0.864 bits per heavy atom. The first kappa shape index (κ1) is 28.9. The maximum atomic E-state index is 13.4. The molecule has 1 unspecified atom stereocenters. The predicted molar refractivity (Wildman–Crippen MR) is 173 cm³/mol. The van der Waals surface area contributed by atoms with Crippen molar-refractivity contribution in [1.82, 2.24) is 9.88 Å². The van der Waals surface area contributed by atoms with Crippen LogP contribution in [0.2, 0.25) is 0 Å². The molecule has 222 valence electrons. The SMILES string of the molecule is COc1cc(C(CC(=O)NCc2ccco2)c2cn(Cc3ccc(C)cc3)c3ccccc23)ccc1OCc1ccccc1. The van der Waals surface area contributed by atoms with Gasteiger partial charge < -0.3 is 23.8 Å². The first-order chi connectivity index (χ1) is 21.6. The largest absolute Gasteiger partial charge is 0.493 e. The molecule has 6 aromatic rings. The van der Waals surface area contributed by atoms with Crippen LogP contribution in [0.3, 0.4) is 0 Å². The number of nitrogens with zero attached hydrogens (tertiary/aromatic N) is 1. The van der Waals surface area contributed by atoms with Crippen LogP contribution in [0, 0.1) is 6.92 Å². The Labute approximate surface area is 257 Å². The minimum Gasteiger partial charge on any atom is -0.493 e. The van der Waals surface area contributed by atoms with Crippen LogP contribution in [-0.2, 0) is 24.5 Å². The number of benzene rings is 4. The lowest BCUT2D eigenvalue weighted by Crippen LogP contribution is -2.24. The van der Waals surface area contributed by atoms with E-state index in [0.29, 0.717) is 30.4 Å². The van der Waals surface area contributed by atoms with Gasteiger partial charge in [-0.15, -0.1) is 0 Å². The van der Waals surface area contributed by atoms with Crippen LogP contribution in [0.1, 0.15) is 45.9 Å². The molecule has 44 heavy (non-hydrogen) atoms. The molecule has 2 aromatic heterocycles. The van der Waals surface area contributed by atoms with Crippen LogP contribution in [0.4, 0.5) is 0 Å². The summed E-state index contributed by atoms with van der Waals surface area (Å²) in [5.41, 5.74) is 6.71. The molecule has 0 aliphatic rings. The normalized spacial score (nSPS) is 11.8. The van der Waals surface area contributed by atoms with Gasteiger partial charge >= 0.3 is 0 Å². The van der Waals surface area contributed by atoms with E-state index in [4.69, 9.17) is 13.9 Å². The number of methoxy groups -OCH3 is 1. The van der Waals surface area contributed by atoms with E-state index in [2.05, 4.69) is 71.5 Å². The number of carbonyl (C=O) groups is 1. The Morgan fingerprint density at radius 2 is 1.66 bits per heavy atom. The highest BCUT2D eigenvalue weighted by Crippen LogP contribution is 2.39. The fraction of sp³-hybridized carbons (Fsp3) is 0.184. The molecule has 0 radical (unpaired) electrons. The van der Waals surface area contributed by atoms with E-state index in [9.17, 15) is 4.79 Å². The van der Waals surface area contributed by atoms with Crippen LogP contribution >= 0.6 is 0 Å². The fourth-order valence-corrected chi connectivity index (χ4v) is 5.59. The second kappa shape index (κ2) is 13.4. The van der Waals surface area contributed by atoms with Crippen molar-refractivity contribution in [2.45, 2.75) is 39.0 Å². The molecule has 1 amide bonds. The van der Waals surface area contributed by atoms with Gasteiger partial charge in [0.15, 0.2) is 11.5 Å². The zero-order valence-corrected chi connectivity index (χ0v) is 25.0. The van der Waals surface area contributed by atoms with E-state index in [-0.39, 0.29) is 18.2 Å². The number of aryl methyl sites for hydroxylation is 1. The van der Waals surface area contributed by atoms with Gasteiger partial charge in [-0.05, 0) is 59.5 Å². The zero-order chi connectivity index (χ0) is 30.3. The smallest absolute Gasteiger partial charge is 0.221 e. The number of hydrogen-bond acceptors (Lipinski definition) is 4. The average Bonchev–Trinajstić information content (AvgIpc) is 3.72. The summed E-state index contributed by atoms with van der Waals surface area (Å²) in [5, 5.41) is 4.16. The summed E-state index contributed by atoms with van der Waals surface area (Å²) < 4.78 is 19.7. The number of nitrogens with one attached hydrogen (secondary N) is 1. The molecule has 1 N–H and O–H groups in total. The van der Waals surface area contributed by atoms with Crippen molar-refractivity contribution in [3.8, 4) is 11.5 Å². The molecule has 0 aliphatic heterocycles. The predicted octanol–water partition coefficient (Wildman–Crippen LogP) is 8.02. The van der Waals surface area contributed by atoms with E-state index in [0.717, 1.165) is 34.1 Å². The van der Waals surface area contributed by atoms with Crippen LogP contribution in [0.25, 0.3) is 10.9 Å². The zero-order valence-electron chi connectivity index (χ0n) is 25.0. The van der Waals surface area contributed by atoms with Crippen molar-refractivity contribution in [2.24, 2.45) is 0 Å². The third kappa shape index (κ3) is 6.70. The molecule has 2 heterocycles. The summed E-state index contributed by atoms with van der Waals surface area (Å²) in [6.45, 7) is 3.60. The second-order valence-electron chi connectivity index (χ2n) is 11.0. The van der Waals surface area contributed by atoms with Crippen molar-refractivity contribution in [3.63, 3.8) is 0 Å². The standard InChI is InChI=1S/C38H36N2O4/c1-27-14-16-28(17-15-27)24-40-25-34(32-12-6-7-13-35(32)40)33(22-38(41)39-23-31-11-8-20-43-31)30-18-19-36(37(21-30)42-2)44-26-29-9-4-3-5-10-29/h3-21,25,33H,22-24,26H2,1-2H3,(H,39,41). The number of para-hydroxylation sites is 1. The lowest BCUT2D eigenvalue weighted by atomic mass is 9.87. The maximum absolute atomic E-state index is 13.4. The Kier molecular flexibility index (Phi) is 8.78. The summed E-state index contributed by atoms with van der Waals surface area (Å²) in [6.07, 6.45) is 4.06. The van der Waals surface area contributed by atoms with Crippen molar-refractivity contribution in [3.05, 3.63) is 155 Å². The second-order valence-corrected chi connectivity index (χ2v) is 11.0. The van der Waals surface area contributed by atoms with Gasteiger partial charge in [0.2, 0.25) is 5.91 Å². The molecule has 0 aliphatic carbocycles. The molecule has 0 saturated heterocycles. The molecule has 6 heteroatoms. The van der Waals surface area contributed by atoms with Gasteiger partial charge in [0.1, 0.15) is 12.4 Å². The molecule has 0 spiro atoms. The summed E-state index contributed by atoms with van der Waals surface area (Å²) in [4.78, 5) is 13.4. The number of ether oxygens (including phenoxy) is 2. The topological polar surface area (TPSA) is 65.6 Å². The van der Waals surface area contributed by atoms with Gasteiger partial charge in [-0.25, -0.2) is 0 Å². The number of rotatable bonds is 12. The van der Waals surface area contributed by atoms with Crippen LogP contribution in [0.5, 0.6) is 11.5 Å². The molecule has 0 saturated carbocycles. The molecular formula is C38H36N2O4.